The Morgan fingerprint density at radius 2 is 1.84 bits per heavy atom. The van der Waals surface area contributed by atoms with Gasteiger partial charge in [0.1, 0.15) is 30.5 Å². The standard InChI is InChI=1S/C33H34FN5O4/c1-36-32(41)30(5-3-17-40)39-21-27-26(33(39)42)4-2-6-31(27)43-22-24-9-7-23(8-10-24)20-37-13-15-38(16-14-37)29-12-11-25(19-35)18-28(29)34/h2,4,6-12,17-18,30H,3,5,13-16,20-22H2,1H3,(H,36,41)/t30-/m0/s1. The number of rotatable bonds is 11. The highest BCUT2D eigenvalue weighted by atomic mass is 19.1. The van der Waals surface area contributed by atoms with Crippen molar-refractivity contribution in [2.45, 2.75) is 38.6 Å². The quantitative estimate of drug-likeness (QED) is 0.344. The van der Waals surface area contributed by atoms with Crippen LogP contribution in [0.4, 0.5) is 10.1 Å². The molecule has 1 saturated heterocycles. The lowest BCUT2D eigenvalue weighted by Gasteiger charge is -2.36. The van der Waals surface area contributed by atoms with E-state index in [1.54, 1.807) is 24.3 Å². The van der Waals surface area contributed by atoms with Crippen LogP contribution in [0.15, 0.2) is 60.7 Å². The largest absolute Gasteiger partial charge is 0.489 e. The average molecular weight is 584 g/mol. The average Bonchev–Trinajstić information content (AvgIpc) is 3.37. The van der Waals surface area contributed by atoms with E-state index in [9.17, 15) is 18.8 Å². The maximum atomic E-state index is 14.4. The van der Waals surface area contributed by atoms with E-state index in [1.807, 2.05) is 29.2 Å². The lowest BCUT2D eigenvalue weighted by molar-refractivity contribution is -0.125. The second-order valence-electron chi connectivity index (χ2n) is 10.7. The highest BCUT2D eigenvalue weighted by Crippen LogP contribution is 2.33. The summed E-state index contributed by atoms with van der Waals surface area (Å²) in [6, 6.07) is 19.4. The van der Waals surface area contributed by atoms with E-state index in [2.05, 4.69) is 22.3 Å². The summed E-state index contributed by atoms with van der Waals surface area (Å²) in [5, 5.41) is 11.6. The zero-order valence-corrected chi connectivity index (χ0v) is 24.1. The molecule has 2 aliphatic rings. The van der Waals surface area contributed by atoms with E-state index in [0.29, 0.717) is 42.3 Å². The SMILES string of the molecule is CNC(=O)[C@H](CCC=O)N1Cc2c(OCc3ccc(CN4CCN(c5ccc(C#N)cc5F)CC4)cc3)cccc2C1=O. The molecule has 0 spiro atoms. The molecule has 1 atom stereocenters. The lowest BCUT2D eigenvalue weighted by atomic mass is 10.1. The van der Waals surface area contributed by atoms with Gasteiger partial charge in [0.25, 0.3) is 5.91 Å². The summed E-state index contributed by atoms with van der Waals surface area (Å²) in [7, 11) is 1.52. The van der Waals surface area contributed by atoms with E-state index in [1.165, 1.54) is 23.6 Å². The molecule has 0 unspecified atom stereocenters. The van der Waals surface area contributed by atoms with E-state index in [-0.39, 0.29) is 37.0 Å². The molecule has 222 valence electrons. The third-order valence-electron chi connectivity index (χ3n) is 8.05. The Balaban J connectivity index is 1.15. The summed E-state index contributed by atoms with van der Waals surface area (Å²) in [6.45, 7) is 4.36. The number of hydrogen-bond acceptors (Lipinski definition) is 7. The number of nitrogens with one attached hydrogen (secondary N) is 1. The van der Waals surface area contributed by atoms with Crippen molar-refractivity contribution in [3.8, 4) is 11.8 Å². The number of anilines is 1. The molecule has 0 bridgehead atoms. The highest BCUT2D eigenvalue weighted by Gasteiger charge is 2.37. The van der Waals surface area contributed by atoms with Gasteiger partial charge in [-0.05, 0) is 47.9 Å². The summed E-state index contributed by atoms with van der Waals surface area (Å²) in [5.74, 6) is -0.308. The first-order valence-electron chi connectivity index (χ1n) is 14.4. The minimum absolute atomic E-state index is 0.187. The second-order valence-corrected chi connectivity index (χ2v) is 10.7. The number of nitriles is 1. The molecule has 1 fully saturated rings. The minimum atomic E-state index is -0.726. The minimum Gasteiger partial charge on any atom is -0.489 e. The van der Waals surface area contributed by atoms with Crippen LogP contribution in [0.25, 0.3) is 0 Å². The maximum absolute atomic E-state index is 14.4. The monoisotopic (exact) mass is 583 g/mol. The van der Waals surface area contributed by atoms with E-state index in [0.717, 1.165) is 37.0 Å². The first-order chi connectivity index (χ1) is 20.9. The van der Waals surface area contributed by atoms with Crippen LogP contribution in [0.3, 0.4) is 0 Å². The van der Waals surface area contributed by atoms with Crippen molar-refractivity contribution in [1.82, 2.24) is 15.1 Å². The number of nitrogens with zero attached hydrogens (tertiary/aromatic N) is 4. The topological polar surface area (TPSA) is 106 Å². The fraction of sp³-hybridized carbons (Fsp3) is 0.333. The van der Waals surface area contributed by atoms with Gasteiger partial charge in [0.2, 0.25) is 5.91 Å². The molecule has 3 aromatic rings. The molecule has 2 amide bonds. The van der Waals surface area contributed by atoms with Crippen molar-refractivity contribution in [2.24, 2.45) is 0 Å². The molecule has 0 saturated carbocycles. The van der Waals surface area contributed by atoms with Gasteiger partial charge in [-0.25, -0.2) is 4.39 Å². The van der Waals surface area contributed by atoms with Gasteiger partial charge >= 0.3 is 0 Å². The number of benzene rings is 3. The third-order valence-corrected chi connectivity index (χ3v) is 8.05. The first kappa shape index (κ1) is 29.7. The van der Waals surface area contributed by atoms with Gasteiger partial charge in [-0.15, -0.1) is 0 Å². The van der Waals surface area contributed by atoms with Gasteiger partial charge in [-0.2, -0.15) is 5.26 Å². The molecule has 43 heavy (non-hydrogen) atoms. The van der Waals surface area contributed by atoms with Gasteiger partial charge < -0.3 is 24.6 Å². The van der Waals surface area contributed by atoms with Crippen LogP contribution in [-0.2, 0) is 29.3 Å². The Morgan fingerprint density at radius 3 is 2.51 bits per heavy atom. The highest BCUT2D eigenvalue weighted by molar-refractivity contribution is 6.01. The van der Waals surface area contributed by atoms with Crippen molar-refractivity contribution >= 4 is 23.8 Å². The van der Waals surface area contributed by atoms with Crippen molar-refractivity contribution in [1.29, 1.82) is 5.26 Å². The van der Waals surface area contributed by atoms with Gasteiger partial charge in [0.15, 0.2) is 0 Å². The van der Waals surface area contributed by atoms with Crippen molar-refractivity contribution in [3.05, 3.63) is 94.3 Å². The molecule has 9 nitrogen and oxygen atoms in total. The number of aldehydes is 1. The van der Waals surface area contributed by atoms with Gasteiger partial charge in [-0.3, -0.25) is 14.5 Å². The number of amides is 2. The fourth-order valence-electron chi connectivity index (χ4n) is 5.67. The van der Waals surface area contributed by atoms with Crippen LogP contribution in [0.5, 0.6) is 5.75 Å². The summed E-state index contributed by atoms with van der Waals surface area (Å²) in [6.07, 6.45) is 1.20. The number of piperazine rings is 1. The molecule has 3 aromatic carbocycles. The van der Waals surface area contributed by atoms with Crippen LogP contribution < -0.4 is 15.0 Å². The maximum Gasteiger partial charge on any atom is 0.255 e. The Bertz CT molecular complexity index is 1530. The molecule has 10 heteroatoms. The Hall–Kier alpha value is -4.75. The summed E-state index contributed by atoms with van der Waals surface area (Å²) >= 11 is 0. The van der Waals surface area contributed by atoms with Gasteiger partial charge in [0, 0.05) is 57.3 Å². The van der Waals surface area contributed by atoms with E-state index >= 15 is 0 Å². The van der Waals surface area contributed by atoms with E-state index in [4.69, 9.17) is 10.00 Å². The Kier molecular flexibility index (Phi) is 9.32. The Morgan fingerprint density at radius 1 is 1.09 bits per heavy atom. The van der Waals surface area contributed by atoms with Crippen LogP contribution in [-0.4, -0.2) is 67.2 Å². The van der Waals surface area contributed by atoms with Crippen LogP contribution in [0.1, 0.15) is 45.5 Å². The number of likely N-dealkylation sites (N-methyl/N-ethyl adjacent to an activating group) is 1. The summed E-state index contributed by atoms with van der Waals surface area (Å²) in [5.41, 5.74) is 4.26. The van der Waals surface area contributed by atoms with Crippen molar-refractivity contribution < 1.29 is 23.5 Å². The zero-order valence-electron chi connectivity index (χ0n) is 24.1. The predicted octanol–water partition coefficient (Wildman–Crippen LogP) is 3.65. The molecule has 0 radical (unpaired) electrons. The number of fused-ring (bicyclic) bond motifs is 1. The molecule has 1 N–H and O–H groups in total. The number of ether oxygens (including phenoxy) is 1. The second kappa shape index (κ2) is 13.5. The molecular formula is C33H34FN5O4. The van der Waals surface area contributed by atoms with E-state index < -0.39 is 6.04 Å². The summed E-state index contributed by atoms with van der Waals surface area (Å²) in [4.78, 5) is 42.4. The van der Waals surface area contributed by atoms with Crippen molar-refractivity contribution in [2.75, 3.05) is 38.1 Å². The first-order valence-corrected chi connectivity index (χ1v) is 14.4. The molecule has 2 heterocycles. The third kappa shape index (κ3) is 6.68. The smallest absolute Gasteiger partial charge is 0.255 e. The predicted molar refractivity (Wildman–Crippen MR) is 159 cm³/mol. The lowest BCUT2D eigenvalue weighted by Crippen LogP contribution is -2.46. The normalized spacial score (nSPS) is 15.5. The summed E-state index contributed by atoms with van der Waals surface area (Å²) < 4.78 is 20.6. The molecule has 0 aliphatic carbocycles. The number of halogens is 1. The van der Waals surface area contributed by atoms with Crippen molar-refractivity contribution in [3.63, 3.8) is 0 Å². The molecule has 2 aliphatic heterocycles. The fourth-order valence-corrected chi connectivity index (χ4v) is 5.67. The zero-order chi connectivity index (χ0) is 30.3. The number of hydrogen-bond donors (Lipinski definition) is 1. The molecule has 5 rings (SSSR count). The van der Waals surface area contributed by atoms with Crippen LogP contribution >= 0.6 is 0 Å². The Labute approximate surface area is 250 Å². The number of carbonyl (C=O) groups is 3. The van der Waals surface area contributed by atoms with Crippen LogP contribution in [0, 0.1) is 17.1 Å². The molecule has 0 aromatic heterocycles. The molecular weight excluding hydrogens is 549 g/mol. The van der Waals surface area contributed by atoms with Gasteiger partial charge in [-0.1, -0.05) is 30.3 Å². The van der Waals surface area contributed by atoms with Crippen LogP contribution in [0.2, 0.25) is 0 Å². The number of carbonyl (C=O) groups excluding carboxylic acids is 3. The van der Waals surface area contributed by atoms with Gasteiger partial charge in [0.05, 0.1) is 23.9 Å².